The molecule has 0 saturated carbocycles. The van der Waals surface area contributed by atoms with Gasteiger partial charge in [0.25, 0.3) is 0 Å². The predicted molar refractivity (Wildman–Crippen MR) is 159 cm³/mol. The van der Waals surface area contributed by atoms with Crippen LogP contribution in [0.25, 0.3) is 11.0 Å². The first-order valence-corrected chi connectivity index (χ1v) is 14.7. The Morgan fingerprint density at radius 1 is 1.10 bits per heavy atom. The number of alkyl halides is 2. The van der Waals surface area contributed by atoms with E-state index in [1.807, 2.05) is 43.7 Å². The van der Waals surface area contributed by atoms with E-state index in [0.29, 0.717) is 31.3 Å². The maximum atomic E-state index is 13.3. The minimum atomic E-state index is -0.969. The van der Waals surface area contributed by atoms with E-state index in [-0.39, 0.29) is 18.9 Å². The summed E-state index contributed by atoms with van der Waals surface area (Å²) in [7, 11) is 1.91. The molecular weight excluding hydrogens is 557 g/mol. The molecule has 0 radical (unpaired) electrons. The van der Waals surface area contributed by atoms with Gasteiger partial charge in [-0.25, -0.2) is 14.6 Å². The van der Waals surface area contributed by atoms with Crippen molar-refractivity contribution in [2.24, 2.45) is 13.0 Å². The molecule has 2 N–H and O–H groups in total. The van der Waals surface area contributed by atoms with Crippen LogP contribution in [0.5, 0.6) is 0 Å². The monoisotopic (exact) mass is 599 g/mol. The van der Waals surface area contributed by atoms with Crippen LogP contribution in [0, 0.1) is 5.92 Å². The number of nitrogens with zero attached hydrogens (tertiary/aromatic N) is 3. The molecule has 12 heteroatoms. The Kier molecular flexibility index (Phi) is 12.8. The molecule has 2 amide bonds. The SMILES string of the molecule is CCOC(=O)[C@@H](NC(=O)[C@H](CCc1nc2cc(N(CCCl)CCCl)ccc2n1C)NC(=O)OC(C)(C)C)C(C)C. The van der Waals surface area contributed by atoms with Crippen molar-refractivity contribution in [1.82, 2.24) is 20.2 Å². The zero-order valence-electron chi connectivity index (χ0n) is 24.6. The van der Waals surface area contributed by atoms with Crippen molar-refractivity contribution in [3.8, 4) is 0 Å². The highest BCUT2D eigenvalue weighted by Gasteiger charge is 2.31. The molecule has 40 heavy (non-hydrogen) atoms. The summed E-state index contributed by atoms with van der Waals surface area (Å²) in [5, 5.41) is 5.42. The third kappa shape index (κ3) is 9.73. The van der Waals surface area contributed by atoms with E-state index < -0.39 is 35.7 Å². The van der Waals surface area contributed by atoms with Crippen molar-refractivity contribution in [1.29, 1.82) is 0 Å². The molecule has 0 aliphatic carbocycles. The number of aromatic nitrogens is 2. The van der Waals surface area contributed by atoms with Crippen LogP contribution in [0.3, 0.4) is 0 Å². The molecule has 1 heterocycles. The lowest BCUT2D eigenvalue weighted by Crippen LogP contribution is -2.54. The first kappa shape index (κ1) is 33.5. The van der Waals surface area contributed by atoms with Gasteiger partial charge in [0.2, 0.25) is 5.91 Å². The molecule has 0 saturated heterocycles. The fraction of sp³-hybridized carbons (Fsp3) is 0.643. The van der Waals surface area contributed by atoms with E-state index in [2.05, 4.69) is 15.5 Å². The molecule has 10 nitrogen and oxygen atoms in total. The Morgan fingerprint density at radius 3 is 2.30 bits per heavy atom. The smallest absolute Gasteiger partial charge is 0.408 e. The van der Waals surface area contributed by atoms with Crippen LogP contribution in [0.1, 0.15) is 53.8 Å². The zero-order chi connectivity index (χ0) is 30.0. The first-order chi connectivity index (χ1) is 18.8. The summed E-state index contributed by atoms with van der Waals surface area (Å²) in [5.74, 6) is 0.454. The maximum Gasteiger partial charge on any atom is 0.408 e. The number of carbonyl (C=O) groups is 3. The number of hydrogen-bond donors (Lipinski definition) is 2. The van der Waals surface area contributed by atoms with Crippen LogP contribution in [-0.2, 0) is 32.5 Å². The molecule has 0 unspecified atom stereocenters. The van der Waals surface area contributed by atoms with Gasteiger partial charge in [0.15, 0.2) is 0 Å². The highest BCUT2D eigenvalue weighted by Crippen LogP contribution is 2.23. The quantitative estimate of drug-likeness (QED) is 0.244. The van der Waals surface area contributed by atoms with Crippen molar-refractivity contribution in [3.05, 3.63) is 24.0 Å². The molecule has 2 atom stereocenters. The van der Waals surface area contributed by atoms with E-state index >= 15 is 0 Å². The number of aryl methyl sites for hydroxylation is 2. The average Bonchev–Trinajstić information content (AvgIpc) is 3.18. The molecular formula is C28H43Cl2N5O5. The highest BCUT2D eigenvalue weighted by atomic mass is 35.5. The minimum Gasteiger partial charge on any atom is -0.464 e. The molecule has 0 fully saturated rings. The van der Waals surface area contributed by atoms with Gasteiger partial charge in [0.1, 0.15) is 23.5 Å². The summed E-state index contributed by atoms with van der Waals surface area (Å²) in [6.07, 6.45) is -0.112. The summed E-state index contributed by atoms with van der Waals surface area (Å²) in [6, 6.07) is 4.17. The number of rotatable bonds is 14. The van der Waals surface area contributed by atoms with Crippen molar-refractivity contribution >= 4 is 57.9 Å². The van der Waals surface area contributed by atoms with Gasteiger partial charge in [-0.1, -0.05) is 13.8 Å². The van der Waals surface area contributed by atoms with Gasteiger partial charge in [-0.3, -0.25) is 4.79 Å². The van der Waals surface area contributed by atoms with Crippen LogP contribution >= 0.6 is 23.2 Å². The largest absolute Gasteiger partial charge is 0.464 e. The third-order valence-electron chi connectivity index (χ3n) is 6.20. The Labute approximate surface area is 247 Å². The average molecular weight is 601 g/mol. The number of benzene rings is 1. The summed E-state index contributed by atoms with van der Waals surface area (Å²) >= 11 is 12.0. The summed E-state index contributed by atoms with van der Waals surface area (Å²) in [5.41, 5.74) is 1.96. The number of ether oxygens (including phenoxy) is 2. The van der Waals surface area contributed by atoms with Crippen LogP contribution in [-0.4, -0.2) is 76.7 Å². The second-order valence-electron chi connectivity index (χ2n) is 10.8. The Hall–Kier alpha value is -2.72. The molecule has 1 aromatic heterocycles. The van der Waals surface area contributed by atoms with Gasteiger partial charge in [-0.05, 0) is 58.2 Å². The molecule has 0 aliphatic rings. The lowest BCUT2D eigenvalue weighted by Gasteiger charge is -2.26. The lowest BCUT2D eigenvalue weighted by molar-refractivity contribution is -0.149. The van der Waals surface area contributed by atoms with E-state index in [1.54, 1.807) is 27.7 Å². The number of imidazole rings is 1. The number of amides is 2. The summed E-state index contributed by atoms with van der Waals surface area (Å²) < 4.78 is 12.5. The molecule has 2 aromatic rings. The molecule has 224 valence electrons. The minimum absolute atomic E-state index is 0.196. The van der Waals surface area contributed by atoms with Crippen molar-refractivity contribution < 1.29 is 23.9 Å². The Morgan fingerprint density at radius 2 is 1.75 bits per heavy atom. The van der Waals surface area contributed by atoms with Crippen LogP contribution in [0.4, 0.5) is 10.5 Å². The van der Waals surface area contributed by atoms with E-state index in [9.17, 15) is 14.4 Å². The van der Waals surface area contributed by atoms with Gasteiger partial charge < -0.3 is 29.6 Å². The normalized spacial score (nSPS) is 13.2. The van der Waals surface area contributed by atoms with Crippen molar-refractivity contribution in [2.45, 2.75) is 72.1 Å². The van der Waals surface area contributed by atoms with E-state index in [1.165, 1.54) is 0 Å². The number of fused-ring (bicyclic) bond motifs is 1. The van der Waals surface area contributed by atoms with Crippen LogP contribution < -0.4 is 15.5 Å². The standard InChI is InChI=1S/C28H43Cl2N5O5/c1-8-39-26(37)24(18(2)3)33-25(36)20(32-27(38)40-28(4,5)6)10-12-23-31-21-17-19(9-11-22(21)34(23)7)35(15-13-29)16-14-30/h9,11,17-18,20,24H,8,10,12-16H2,1-7H3,(H,32,38)(H,33,36)/t20-,24-/m0/s1. The number of nitrogens with one attached hydrogen (secondary N) is 2. The van der Waals surface area contributed by atoms with Crippen molar-refractivity contribution in [2.75, 3.05) is 36.4 Å². The Bertz CT molecular complexity index is 1140. The topological polar surface area (TPSA) is 115 Å². The van der Waals surface area contributed by atoms with Gasteiger partial charge in [-0.2, -0.15) is 0 Å². The van der Waals surface area contributed by atoms with Crippen molar-refractivity contribution in [3.63, 3.8) is 0 Å². The third-order valence-corrected chi connectivity index (χ3v) is 6.54. The molecule has 0 spiro atoms. The number of carbonyl (C=O) groups excluding carboxylic acids is 3. The first-order valence-electron chi connectivity index (χ1n) is 13.6. The predicted octanol–water partition coefficient (Wildman–Crippen LogP) is 4.39. The maximum absolute atomic E-state index is 13.3. The lowest BCUT2D eigenvalue weighted by atomic mass is 10.0. The number of esters is 1. The van der Waals surface area contributed by atoms with Gasteiger partial charge in [0.05, 0.1) is 17.6 Å². The van der Waals surface area contributed by atoms with Gasteiger partial charge in [-0.15, -0.1) is 23.2 Å². The molecule has 0 bridgehead atoms. The van der Waals surface area contributed by atoms with Gasteiger partial charge >= 0.3 is 12.1 Å². The van der Waals surface area contributed by atoms with E-state index in [0.717, 1.165) is 22.5 Å². The number of hydrogen-bond acceptors (Lipinski definition) is 7. The fourth-order valence-electron chi connectivity index (χ4n) is 4.21. The zero-order valence-corrected chi connectivity index (χ0v) is 26.1. The van der Waals surface area contributed by atoms with Crippen LogP contribution in [0.15, 0.2) is 18.2 Å². The van der Waals surface area contributed by atoms with Gasteiger partial charge in [0, 0.05) is 44.0 Å². The number of alkyl carbamates (subject to hydrolysis) is 1. The molecule has 2 rings (SSSR count). The fourth-order valence-corrected chi connectivity index (χ4v) is 4.62. The molecule has 0 aliphatic heterocycles. The summed E-state index contributed by atoms with van der Waals surface area (Å²) in [4.78, 5) is 45.3. The molecule has 1 aromatic carbocycles. The highest BCUT2D eigenvalue weighted by molar-refractivity contribution is 6.18. The number of anilines is 1. The van der Waals surface area contributed by atoms with E-state index in [4.69, 9.17) is 37.7 Å². The second-order valence-corrected chi connectivity index (χ2v) is 11.6. The summed E-state index contributed by atoms with van der Waals surface area (Å²) in [6.45, 7) is 12.1. The second kappa shape index (κ2) is 15.3. The Balaban J connectivity index is 2.29. The van der Waals surface area contributed by atoms with Crippen LogP contribution in [0.2, 0.25) is 0 Å². The number of halogens is 2.